The molecule has 4 unspecified atom stereocenters. The second kappa shape index (κ2) is 5.13. The van der Waals surface area contributed by atoms with Gasteiger partial charge < -0.3 is 10.1 Å². The van der Waals surface area contributed by atoms with Gasteiger partial charge in [-0.25, -0.2) is 0 Å². The molecule has 2 saturated carbocycles. The quantitative estimate of drug-likeness (QED) is 0.811. The van der Waals surface area contributed by atoms with Crippen LogP contribution in [0.3, 0.4) is 0 Å². The van der Waals surface area contributed by atoms with Gasteiger partial charge in [0.1, 0.15) is 0 Å². The van der Waals surface area contributed by atoms with E-state index in [1.165, 1.54) is 38.6 Å². The van der Waals surface area contributed by atoms with E-state index >= 15 is 0 Å². The minimum Gasteiger partial charge on any atom is -0.381 e. The van der Waals surface area contributed by atoms with Gasteiger partial charge in [0.05, 0.1) is 6.61 Å². The largest absolute Gasteiger partial charge is 0.381 e. The highest BCUT2D eigenvalue weighted by Gasteiger charge is 2.51. The molecular formula is C16H29NO. The molecule has 3 fully saturated rings. The Morgan fingerprint density at radius 3 is 2.72 bits per heavy atom. The van der Waals surface area contributed by atoms with Crippen molar-refractivity contribution in [1.29, 1.82) is 0 Å². The summed E-state index contributed by atoms with van der Waals surface area (Å²) < 4.78 is 5.80. The maximum Gasteiger partial charge on any atom is 0.0538 e. The summed E-state index contributed by atoms with van der Waals surface area (Å²) in [6.45, 7) is 8.95. The van der Waals surface area contributed by atoms with Gasteiger partial charge in [-0.05, 0) is 55.9 Å². The fraction of sp³-hybridized carbons (Fsp3) is 1.00. The summed E-state index contributed by atoms with van der Waals surface area (Å²) in [7, 11) is 0. The van der Waals surface area contributed by atoms with Crippen molar-refractivity contribution in [3.63, 3.8) is 0 Å². The summed E-state index contributed by atoms with van der Waals surface area (Å²) in [4.78, 5) is 0. The topological polar surface area (TPSA) is 21.3 Å². The van der Waals surface area contributed by atoms with Crippen molar-refractivity contribution in [2.75, 3.05) is 26.3 Å². The standard InChI is InChI=1S/C16H29NO/c1-12(2)9-17-10-16(5-6-18-11-16)15-8-13-3-4-14(15)7-13/h12-15,17H,3-11H2,1-2H3. The van der Waals surface area contributed by atoms with Crippen LogP contribution in [0.2, 0.25) is 0 Å². The molecule has 0 aromatic carbocycles. The van der Waals surface area contributed by atoms with Gasteiger partial charge in [0.25, 0.3) is 0 Å². The van der Waals surface area contributed by atoms with Crippen molar-refractivity contribution in [2.45, 2.75) is 46.0 Å². The van der Waals surface area contributed by atoms with Crippen LogP contribution in [0.15, 0.2) is 0 Å². The Balaban J connectivity index is 1.63. The van der Waals surface area contributed by atoms with Crippen molar-refractivity contribution in [3.8, 4) is 0 Å². The monoisotopic (exact) mass is 251 g/mol. The zero-order valence-corrected chi connectivity index (χ0v) is 12.1. The van der Waals surface area contributed by atoms with Gasteiger partial charge in [0.15, 0.2) is 0 Å². The second-order valence-electron chi connectivity index (χ2n) is 7.47. The molecule has 3 aliphatic rings. The minimum absolute atomic E-state index is 0.481. The Bertz CT molecular complexity index is 283. The third kappa shape index (κ3) is 2.34. The van der Waals surface area contributed by atoms with Crippen LogP contribution >= 0.6 is 0 Å². The van der Waals surface area contributed by atoms with E-state index in [1.54, 1.807) is 0 Å². The zero-order valence-electron chi connectivity index (χ0n) is 12.1. The molecule has 2 heteroatoms. The van der Waals surface area contributed by atoms with Gasteiger partial charge in [-0.2, -0.15) is 0 Å². The molecule has 1 N–H and O–H groups in total. The van der Waals surface area contributed by atoms with E-state index in [4.69, 9.17) is 4.74 Å². The molecular weight excluding hydrogens is 222 g/mol. The number of nitrogens with one attached hydrogen (secondary N) is 1. The van der Waals surface area contributed by atoms with Crippen LogP contribution in [0.5, 0.6) is 0 Å². The highest BCUT2D eigenvalue weighted by Crippen LogP contribution is 2.56. The molecule has 18 heavy (non-hydrogen) atoms. The van der Waals surface area contributed by atoms with Crippen molar-refractivity contribution in [3.05, 3.63) is 0 Å². The summed E-state index contributed by atoms with van der Waals surface area (Å²) in [6, 6.07) is 0. The summed E-state index contributed by atoms with van der Waals surface area (Å²) in [5.74, 6) is 3.79. The number of rotatable bonds is 5. The maximum absolute atomic E-state index is 5.80. The molecule has 0 aromatic heterocycles. The van der Waals surface area contributed by atoms with Crippen molar-refractivity contribution < 1.29 is 4.74 Å². The molecule has 2 aliphatic carbocycles. The van der Waals surface area contributed by atoms with E-state index < -0.39 is 0 Å². The van der Waals surface area contributed by atoms with E-state index in [2.05, 4.69) is 19.2 Å². The molecule has 0 spiro atoms. The lowest BCUT2D eigenvalue weighted by Gasteiger charge is -2.39. The predicted octanol–water partition coefficient (Wildman–Crippen LogP) is 3.07. The van der Waals surface area contributed by atoms with Crippen molar-refractivity contribution >= 4 is 0 Å². The van der Waals surface area contributed by atoms with E-state index in [9.17, 15) is 0 Å². The van der Waals surface area contributed by atoms with Crippen molar-refractivity contribution in [2.24, 2.45) is 29.1 Å². The predicted molar refractivity (Wildman–Crippen MR) is 74.5 cm³/mol. The van der Waals surface area contributed by atoms with Gasteiger partial charge in [-0.3, -0.25) is 0 Å². The highest BCUT2D eigenvalue weighted by atomic mass is 16.5. The molecule has 0 aromatic rings. The lowest BCUT2D eigenvalue weighted by molar-refractivity contribution is 0.0714. The number of hydrogen-bond donors (Lipinski definition) is 1. The van der Waals surface area contributed by atoms with Crippen molar-refractivity contribution in [1.82, 2.24) is 5.32 Å². The van der Waals surface area contributed by atoms with Crippen LogP contribution < -0.4 is 5.32 Å². The molecule has 104 valence electrons. The minimum atomic E-state index is 0.481. The first-order chi connectivity index (χ1) is 8.70. The first-order valence-electron chi connectivity index (χ1n) is 7.98. The lowest BCUT2D eigenvalue weighted by Crippen LogP contribution is -2.44. The summed E-state index contributed by atoms with van der Waals surface area (Å²) in [5.41, 5.74) is 0.481. The summed E-state index contributed by atoms with van der Waals surface area (Å²) >= 11 is 0. The van der Waals surface area contributed by atoms with E-state index in [-0.39, 0.29) is 0 Å². The fourth-order valence-corrected chi connectivity index (χ4v) is 4.79. The molecule has 1 saturated heterocycles. The first-order valence-corrected chi connectivity index (χ1v) is 7.98. The highest BCUT2D eigenvalue weighted by molar-refractivity contribution is 5.01. The third-order valence-corrected chi connectivity index (χ3v) is 5.69. The van der Waals surface area contributed by atoms with Crippen LogP contribution in [0.25, 0.3) is 0 Å². The Morgan fingerprint density at radius 2 is 2.17 bits per heavy atom. The van der Waals surface area contributed by atoms with Gasteiger partial charge in [0, 0.05) is 18.6 Å². The average Bonchev–Trinajstić information content (AvgIpc) is 3.04. The molecule has 4 atom stereocenters. The Labute approximate surface area is 112 Å². The molecule has 1 aliphatic heterocycles. The van der Waals surface area contributed by atoms with Crippen LogP contribution in [-0.2, 0) is 4.74 Å². The zero-order chi connectivity index (χ0) is 12.6. The van der Waals surface area contributed by atoms with Crippen LogP contribution in [-0.4, -0.2) is 26.3 Å². The molecule has 2 bridgehead atoms. The average molecular weight is 251 g/mol. The molecule has 3 rings (SSSR count). The van der Waals surface area contributed by atoms with Gasteiger partial charge in [0.2, 0.25) is 0 Å². The number of hydrogen-bond acceptors (Lipinski definition) is 2. The fourth-order valence-electron chi connectivity index (χ4n) is 4.79. The molecule has 0 amide bonds. The molecule has 0 radical (unpaired) electrons. The summed E-state index contributed by atoms with van der Waals surface area (Å²) in [5, 5.41) is 3.72. The Morgan fingerprint density at radius 1 is 1.28 bits per heavy atom. The number of fused-ring (bicyclic) bond motifs is 2. The van der Waals surface area contributed by atoms with Crippen LogP contribution in [0.4, 0.5) is 0 Å². The normalized spacial score (nSPS) is 43.2. The van der Waals surface area contributed by atoms with Crippen LogP contribution in [0.1, 0.15) is 46.0 Å². The maximum atomic E-state index is 5.80. The Kier molecular flexibility index (Phi) is 3.68. The second-order valence-corrected chi connectivity index (χ2v) is 7.47. The SMILES string of the molecule is CC(C)CNCC1(C2CC3CCC2C3)CCOC1. The lowest BCUT2D eigenvalue weighted by atomic mass is 9.67. The van der Waals surface area contributed by atoms with Gasteiger partial charge in [-0.1, -0.05) is 20.3 Å². The molecule has 2 nitrogen and oxygen atoms in total. The summed E-state index contributed by atoms with van der Waals surface area (Å²) in [6.07, 6.45) is 7.33. The van der Waals surface area contributed by atoms with E-state index in [0.29, 0.717) is 5.41 Å². The van der Waals surface area contributed by atoms with Gasteiger partial charge in [-0.15, -0.1) is 0 Å². The van der Waals surface area contributed by atoms with E-state index in [1.807, 2.05) is 0 Å². The third-order valence-electron chi connectivity index (χ3n) is 5.69. The smallest absolute Gasteiger partial charge is 0.0538 e. The van der Waals surface area contributed by atoms with E-state index in [0.717, 1.165) is 43.4 Å². The Hall–Kier alpha value is -0.0800. The molecule has 1 heterocycles. The number of ether oxygens (including phenoxy) is 1. The first kappa shape index (κ1) is 12.9. The van der Waals surface area contributed by atoms with Gasteiger partial charge >= 0.3 is 0 Å². The van der Waals surface area contributed by atoms with Crippen LogP contribution in [0, 0.1) is 29.1 Å².